The number of hydrogen-bond acceptors (Lipinski definition) is 2. The van der Waals surface area contributed by atoms with Crippen LogP contribution >= 0.6 is 56.9 Å². The highest BCUT2D eigenvalue weighted by Gasteiger charge is 1.96. The summed E-state index contributed by atoms with van der Waals surface area (Å²) in [5.41, 5.74) is 0. The number of rotatable bonds is 4. The molecule has 0 bridgehead atoms. The van der Waals surface area contributed by atoms with Gasteiger partial charge in [0.25, 0.3) is 0 Å². The fraction of sp³-hybridized carbons (Fsp3) is 1.00. The van der Waals surface area contributed by atoms with Crippen molar-refractivity contribution in [3.8, 4) is 0 Å². The highest BCUT2D eigenvalue weighted by molar-refractivity contribution is 14.2. The lowest BCUT2D eigenvalue weighted by molar-refractivity contribution is 0.437. The Hall–Kier alpha value is 1.77. The quantitative estimate of drug-likeness (QED) is 0.552. The van der Waals surface area contributed by atoms with Gasteiger partial charge in [-0.1, -0.05) is 45.2 Å². The Labute approximate surface area is 88.6 Å². The summed E-state index contributed by atoms with van der Waals surface area (Å²) in [5, 5.41) is 0. The number of hydrogen-bond donors (Lipinski definition) is 0. The van der Waals surface area contributed by atoms with E-state index in [0.29, 0.717) is 0 Å². The number of nitrogens with zero attached hydrogens (tertiary/aromatic N) is 1. The van der Waals surface area contributed by atoms with E-state index in [0.717, 1.165) is 1.26 Å². The van der Waals surface area contributed by atoms with Crippen LogP contribution in [-0.2, 0) is 0 Å². The molecule has 0 aromatic carbocycles. The fourth-order valence-electron chi connectivity index (χ4n) is 0.324. The molecule has 0 unspecified atom stereocenters. The maximum atomic E-state index is 2.42. The lowest BCUT2D eigenvalue weighted by atomic mass is 10.7. The summed E-state index contributed by atoms with van der Waals surface area (Å²) < 4.78 is 0.722. The van der Waals surface area contributed by atoms with Gasteiger partial charge >= 0.3 is 0 Å². The van der Waals surface area contributed by atoms with Crippen molar-refractivity contribution in [2.24, 2.45) is 0 Å². The fourth-order valence-corrected chi connectivity index (χ4v) is 2.50. The molecule has 0 amide bonds. The monoisotopic (exact) mass is 371 g/mol. The van der Waals surface area contributed by atoms with E-state index < -0.39 is 0 Å². The molecule has 0 saturated heterocycles. The third-order valence-corrected chi connectivity index (χ3v) is 3.61. The highest BCUT2D eigenvalue weighted by atomic mass is 127. The Morgan fingerprint density at radius 3 is 2.33 bits per heavy atom. The van der Waals surface area contributed by atoms with Gasteiger partial charge in [0.1, 0.15) is 1.26 Å². The summed E-state index contributed by atoms with van der Waals surface area (Å²) >= 11 is 6.83. The molecule has 0 spiro atoms. The van der Waals surface area contributed by atoms with Gasteiger partial charge in [-0.2, -0.15) is 0 Å². The van der Waals surface area contributed by atoms with E-state index in [1.807, 2.05) is 11.8 Å². The maximum absolute atomic E-state index is 2.42. The van der Waals surface area contributed by atoms with E-state index in [9.17, 15) is 0 Å². The van der Waals surface area contributed by atoms with Crippen molar-refractivity contribution in [3.05, 3.63) is 0 Å². The van der Waals surface area contributed by atoms with Crippen molar-refractivity contribution in [1.82, 2.24) is 4.90 Å². The number of thioether (sulfide) groups is 1. The van der Waals surface area contributed by atoms with Gasteiger partial charge < -0.3 is 4.90 Å². The SMILES string of the molecule is CN(C)CCSC(I)I. The molecule has 0 aliphatic carbocycles. The molecule has 0 saturated carbocycles. The molecule has 0 aliphatic heterocycles. The Bertz CT molecular complexity index is 60.0. The van der Waals surface area contributed by atoms with E-state index >= 15 is 0 Å². The zero-order valence-electron chi connectivity index (χ0n) is 5.60. The summed E-state index contributed by atoms with van der Waals surface area (Å²) in [6, 6.07) is 0. The topological polar surface area (TPSA) is 3.24 Å². The predicted octanol–water partition coefficient (Wildman–Crippen LogP) is 2.43. The Morgan fingerprint density at radius 2 is 2.00 bits per heavy atom. The van der Waals surface area contributed by atoms with E-state index in [2.05, 4.69) is 64.2 Å². The molecule has 0 atom stereocenters. The molecule has 0 aromatic rings. The van der Waals surface area contributed by atoms with Crippen LogP contribution in [-0.4, -0.2) is 32.6 Å². The molecule has 4 heteroatoms. The zero-order chi connectivity index (χ0) is 7.28. The van der Waals surface area contributed by atoms with Crippen LogP contribution in [0.15, 0.2) is 0 Å². The molecule has 1 nitrogen and oxygen atoms in total. The first kappa shape index (κ1) is 10.8. The molecule has 0 heterocycles. The van der Waals surface area contributed by atoms with Crippen LogP contribution in [0, 0.1) is 0 Å². The van der Waals surface area contributed by atoms with Gasteiger partial charge in [-0.05, 0) is 14.1 Å². The van der Waals surface area contributed by atoms with Gasteiger partial charge in [-0.3, -0.25) is 0 Å². The van der Waals surface area contributed by atoms with Crippen LogP contribution in [0.5, 0.6) is 0 Å². The van der Waals surface area contributed by atoms with Crippen LogP contribution in [0.1, 0.15) is 0 Å². The van der Waals surface area contributed by atoms with Crippen LogP contribution in [0.25, 0.3) is 0 Å². The highest BCUT2D eigenvalue weighted by Crippen LogP contribution is 2.23. The molecule has 0 aromatic heterocycles. The second kappa shape index (κ2) is 6.48. The summed E-state index contributed by atoms with van der Waals surface area (Å²) in [7, 11) is 4.21. The summed E-state index contributed by atoms with van der Waals surface area (Å²) in [5.74, 6) is 1.24. The molecule has 0 rings (SSSR count). The van der Waals surface area contributed by atoms with Gasteiger partial charge in [0.2, 0.25) is 0 Å². The van der Waals surface area contributed by atoms with E-state index in [4.69, 9.17) is 0 Å². The minimum Gasteiger partial charge on any atom is -0.309 e. The van der Waals surface area contributed by atoms with E-state index in [-0.39, 0.29) is 0 Å². The predicted molar refractivity (Wildman–Crippen MR) is 62.8 cm³/mol. The molecule has 56 valence electrons. The average Bonchev–Trinajstić information content (AvgIpc) is 1.63. The van der Waals surface area contributed by atoms with Crippen molar-refractivity contribution < 1.29 is 0 Å². The second-order valence-electron chi connectivity index (χ2n) is 1.93. The smallest absolute Gasteiger partial charge is 0.108 e. The first-order chi connectivity index (χ1) is 4.13. The van der Waals surface area contributed by atoms with Crippen molar-refractivity contribution >= 4 is 56.9 Å². The third-order valence-electron chi connectivity index (χ3n) is 0.782. The minimum atomic E-state index is 0.722. The van der Waals surface area contributed by atoms with Crippen molar-refractivity contribution in [2.75, 3.05) is 26.4 Å². The first-order valence-electron chi connectivity index (χ1n) is 2.67. The standard InChI is InChI=1S/C5H11I2NS/c1-8(2)3-4-9-5(6)7/h5H,3-4H2,1-2H3. The molecule has 0 radical (unpaired) electrons. The van der Waals surface area contributed by atoms with Crippen molar-refractivity contribution in [3.63, 3.8) is 0 Å². The molecular formula is C5H11I2NS. The lowest BCUT2D eigenvalue weighted by Crippen LogP contribution is -2.15. The Balaban J connectivity index is 2.91. The van der Waals surface area contributed by atoms with Crippen LogP contribution in [0.4, 0.5) is 0 Å². The maximum Gasteiger partial charge on any atom is 0.108 e. The van der Waals surface area contributed by atoms with Gasteiger partial charge in [0.15, 0.2) is 0 Å². The van der Waals surface area contributed by atoms with E-state index in [1.165, 1.54) is 12.3 Å². The van der Waals surface area contributed by atoms with Crippen LogP contribution in [0.3, 0.4) is 0 Å². The van der Waals surface area contributed by atoms with Crippen LogP contribution in [0.2, 0.25) is 0 Å². The van der Waals surface area contributed by atoms with Crippen LogP contribution < -0.4 is 0 Å². The Morgan fingerprint density at radius 1 is 1.44 bits per heavy atom. The van der Waals surface area contributed by atoms with Gasteiger partial charge in [-0.15, -0.1) is 11.8 Å². The van der Waals surface area contributed by atoms with E-state index in [1.54, 1.807) is 0 Å². The summed E-state index contributed by atoms with van der Waals surface area (Å²) in [6.45, 7) is 1.19. The Kier molecular flexibility index (Phi) is 7.75. The number of halogens is 2. The third kappa shape index (κ3) is 9.77. The normalized spacial score (nSPS) is 11.3. The first-order valence-corrected chi connectivity index (χ1v) is 6.21. The minimum absolute atomic E-state index is 0.722. The average molecular weight is 371 g/mol. The van der Waals surface area contributed by atoms with Crippen molar-refractivity contribution in [1.29, 1.82) is 0 Å². The largest absolute Gasteiger partial charge is 0.309 e. The van der Waals surface area contributed by atoms with Crippen molar-refractivity contribution in [2.45, 2.75) is 1.26 Å². The lowest BCUT2D eigenvalue weighted by Gasteiger charge is -2.08. The second-order valence-corrected chi connectivity index (χ2v) is 9.71. The molecule has 0 N–H and O–H groups in total. The number of alkyl halides is 2. The van der Waals surface area contributed by atoms with Gasteiger partial charge in [0.05, 0.1) is 0 Å². The molecular weight excluding hydrogens is 360 g/mol. The van der Waals surface area contributed by atoms with Gasteiger partial charge in [-0.25, -0.2) is 0 Å². The molecule has 0 fully saturated rings. The molecule has 9 heavy (non-hydrogen) atoms. The van der Waals surface area contributed by atoms with Gasteiger partial charge in [0, 0.05) is 12.3 Å². The zero-order valence-corrected chi connectivity index (χ0v) is 10.7. The summed E-state index contributed by atoms with van der Waals surface area (Å²) in [4.78, 5) is 2.21. The molecule has 0 aliphatic rings. The summed E-state index contributed by atoms with van der Waals surface area (Å²) in [6.07, 6.45) is 0.